The van der Waals surface area contributed by atoms with E-state index >= 15 is 0 Å². The van der Waals surface area contributed by atoms with E-state index in [9.17, 15) is 5.11 Å². The summed E-state index contributed by atoms with van der Waals surface area (Å²) in [6.45, 7) is 8.57. The maximum atomic E-state index is 11.0. The highest BCUT2D eigenvalue weighted by Gasteiger charge is 2.18. The quantitative estimate of drug-likeness (QED) is 0.456. The van der Waals surface area contributed by atoms with Crippen molar-refractivity contribution in [3.8, 4) is 17.3 Å². The van der Waals surface area contributed by atoms with Crippen LogP contribution in [0.2, 0.25) is 0 Å². The van der Waals surface area contributed by atoms with Crippen LogP contribution in [0.25, 0.3) is 16.5 Å². The van der Waals surface area contributed by atoms with Crippen molar-refractivity contribution in [1.82, 2.24) is 9.55 Å². The minimum Gasteiger partial charge on any atom is -0.494 e. The van der Waals surface area contributed by atoms with Crippen molar-refractivity contribution in [3.63, 3.8) is 0 Å². The SMILES string of the molecule is C[C@H](Oc1cccc2cn(-c3ccc(C(C)(C)C)cc3)c(O)c12)c1ccncc1. The summed E-state index contributed by atoms with van der Waals surface area (Å²) in [5.74, 6) is 0.843. The van der Waals surface area contributed by atoms with Gasteiger partial charge in [-0.1, -0.05) is 45.0 Å². The second-order valence-electron chi connectivity index (χ2n) is 8.38. The average Bonchev–Trinajstić information content (AvgIpc) is 3.06. The van der Waals surface area contributed by atoms with Gasteiger partial charge in [-0.15, -0.1) is 0 Å². The van der Waals surface area contributed by atoms with E-state index in [1.54, 1.807) is 17.0 Å². The number of pyridine rings is 1. The number of fused-ring (bicyclic) bond motifs is 1. The first kappa shape index (κ1) is 19.1. The molecular weight excluding hydrogens is 360 g/mol. The summed E-state index contributed by atoms with van der Waals surface area (Å²) in [6, 6.07) is 18.0. The highest BCUT2D eigenvalue weighted by molar-refractivity contribution is 5.94. The molecule has 0 aliphatic heterocycles. The molecule has 2 heterocycles. The molecule has 0 amide bonds. The van der Waals surface area contributed by atoms with Gasteiger partial charge in [0, 0.05) is 29.7 Å². The number of rotatable bonds is 4. The van der Waals surface area contributed by atoms with Gasteiger partial charge in [0.2, 0.25) is 5.88 Å². The van der Waals surface area contributed by atoms with Crippen molar-refractivity contribution < 1.29 is 9.84 Å². The van der Waals surface area contributed by atoms with Crippen LogP contribution in [0.4, 0.5) is 0 Å². The third-order valence-corrected chi connectivity index (χ3v) is 5.27. The van der Waals surface area contributed by atoms with Gasteiger partial charge in [-0.25, -0.2) is 0 Å². The van der Waals surface area contributed by atoms with E-state index in [2.05, 4.69) is 37.9 Å². The van der Waals surface area contributed by atoms with E-state index in [-0.39, 0.29) is 17.4 Å². The van der Waals surface area contributed by atoms with Crippen LogP contribution in [0, 0.1) is 0 Å². The second-order valence-corrected chi connectivity index (χ2v) is 8.38. The minimum atomic E-state index is -0.155. The average molecular weight is 386 g/mol. The van der Waals surface area contributed by atoms with Gasteiger partial charge in [0.25, 0.3) is 0 Å². The van der Waals surface area contributed by atoms with E-state index in [0.717, 1.165) is 16.6 Å². The molecule has 1 N–H and O–H groups in total. The lowest BCUT2D eigenvalue weighted by molar-refractivity contribution is 0.229. The highest BCUT2D eigenvalue weighted by Crippen LogP contribution is 2.38. The Kier molecular flexibility index (Phi) is 4.79. The molecule has 29 heavy (non-hydrogen) atoms. The van der Waals surface area contributed by atoms with E-state index in [1.165, 1.54) is 5.56 Å². The Labute approximate surface area is 171 Å². The van der Waals surface area contributed by atoms with Gasteiger partial charge in [-0.3, -0.25) is 9.55 Å². The van der Waals surface area contributed by atoms with Gasteiger partial charge in [0.1, 0.15) is 11.9 Å². The smallest absolute Gasteiger partial charge is 0.207 e. The minimum absolute atomic E-state index is 0.0894. The number of nitrogens with zero attached hydrogens (tertiary/aromatic N) is 2. The molecule has 1 atom stereocenters. The Morgan fingerprint density at radius 2 is 1.66 bits per heavy atom. The Balaban J connectivity index is 1.72. The zero-order chi connectivity index (χ0) is 20.6. The van der Waals surface area contributed by atoms with Crippen molar-refractivity contribution in [2.75, 3.05) is 0 Å². The zero-order valence-corrected chi connectivity index (χ0v) is 17.3. The van der Waals surface area contributed by atoms with Crippen LogP contribution in [0.5, 0.6) is 11.6 Å². The fourth-order valence-electron chi connectivity index (χ4n) is 3.53. The van der Waals surface area contributed by atoms with Gasteiger partial charge in [0.05, 0.1) is 5.39 Å². The predicted molar refractivity (Wildman–Crippen MR) is 117 cm³/mol. The molecule has 0 radical (unpaired) electrons. The third-order valence-electron chi connectivity index (χ3n) is 5.27. The molecule has 4 aromatic rings. The predicted octanol–water partition coefficient (Wildman–Crippen LogP) is 6.17. The number of hydrogen-bond donors (Lipinski definition) is 1. The number of aromatic hydroxyl groups is 1. The first-order valence-electron chi connectivity index (χ1n) is 9.85. The van der Waals surface area contributed by atoms with Crippen LogP contribution in [0.3, 0.4) is 0 Å². The molecule has 0 aliphatic carbocycles. The van der Waals surface area contributed by atoms with Crippen LogP contribution in [0.15, 0.2) is 73.2 Å². The number of benzene rings is 2. The topological polar surface area (TPSA) is 47.3 Å². The Morgan fingerprint density at radius 3 is 2.31 bits per heavy atom. The van der Waals surface area contributed by atoms with Crippen LogP contribution in [0.1, 0.15) is 44.9 Å². The van der Waals surface area contributed by atoms with Crippen molar-refractivity contribution in [3.05, 3.63) is 84.3 Å². The molecular formula is C25H26N2O2. The fourth-order valence-corrected chi connectivity index (χ4v) is 3.53. The summed E-state index contributed by atoms with van der Waals surface area (Å²) in [4.78, 5) is 4.06. The molecule has 0 unspecified atom stereocenters. The van der Waals surface area contributed by atoms with Crippen molar-refractivity contribution in [1.29, 1.82) is 0 Å². The zero-order valence-electron chi connectivity index (χ0n) is 17.3. The fraction of sp³-hybridized carbons (Fsp3) is 0.240. The van der Waals surface area contributed by atoms with Gasteiger partial charge in [-0.05, 0) is 53.8 Å². The summed E-state index contributed by atoms with van der Waals surface area (Å²) in [5, 5.41) is 12.7. The second kappa shape index (κ2) is 7.28. The Hall–Kier alpha value is -3.27. The molecule has 0 spiro atoms. The molecule has 2 aromatic carbocycles. The van der Waals surface area contributed by atoms with Crippen LogP contribution in [-0.4, -0.2) is 14.7 Å². The molecule has 4 heteroatoms. The van der Waals surface area contributed by atoms with Crippen LogP contribution >= 0.6 is 0 Å². The molecule has 0 fully saturated rings. The van der Waals surface area contributed by atoms with Crippen molar-refractivity contribution in [2.45, 2.75) is 39.2 Å². The van der Waals surface area contributed by atoms with Crippen molar-refractivity contribution in [2.24, 2.45) is 0 Å². The molecule has 148 valence electrons. The molecule has 0 saturated carbocycles. The summed E-state index contributed by atoms with van der Waals surface area (Å²) >= 11 is 0. The summed E-state index contributed by atoms with van der Waals surface area (Å²) in [5.41, 5.74) is 3.30. The molecule has 4 nitrogen and oxygen atoms in total. The van der Waals surface area contributed by atoms with Gasteiger partial charge in [0.15, 0.2) is 0 Å². The van der Waals surface area contributed by atoms with Crippen molar-refractivity contribution >= 4 is 10.8 Å². The highest BCUT2D eigenvalue weighted by atomic mass is 16.5. The van der Waals surface area contributed by atoms with E-state index in [1.807, 2.05) is 55.6 Å². The lowest BCUT2D eigenvalue weighted by Gasteiger charge is -2.19. The number of hydrogen-bond acceptors (Lipinski definition) is 3. The number of aromatic nitrogens is 2. The molecule has 0 bridgehead atoms. The van der Waals surface area contributed by atoms with E-state index in [4.69, 9.17) is 4.74 Å². The van der Waals surface area contributed by atoms with Crippen LogP contribution < -0.4 is 4.74 Å². The summed E-state index contributed by atoms with van der Waals surface area (Å²) in [7, 11) is 0. The van der Waals surface area contributed by atoms with Gasteiger partial charge in [-0.2, -0.15) is 0 Å². The summed E-state index contributed by atoms with van der Waals surface area (Å²) < 4.78 is 8.01. The van der Waals surface area contributed by atoms with E-state index < -0.39 is 0 Å². The van der Waals surface area contributed by atoms with Crippen LogP contribution in [-0.2, 0) is 5.41 Å². The standard InChI is InChI=1S/C25H26N2O2/c1-17(18-12-14-26-15-13-18)29-22-7-5-6-19-16-27(24(28)23(19)22)21-10-8-20(9-11-21)25(2,3)4/h5-17,28H,1-4H3/t17-/m0/s1. The van der Waals surface area contributed by atoms with E-state index in [0.29, 0.717) is 11.1 Å². The first-order valence-corrected chi connectivity index (χ1v) is 9.85. The summed E-state index contributed by atoms with van der Waals surface area (Å²) in [6.07, 6.45) is 5.30. The first-order chi connectivity index (χ1) is 13.8. The maximum absolute atomic E-state index is 11.0. The largest absolute Gasteiger partial charge is 0.494 e. The molecule has 0 aliphatic rings. The molecule has 2 aromatic heterocycles. The molecule has 4 rings (SSSR count). The monoisotopic (exact) mass is 386 g/mol. The molecule has 0 saturated heterocycles. The maximum Gasteiger partial charge on any atom is 0.207 e. The Bertz CT molecular complexity index is 1120. The lowest BCUT2D eigenvalue weighted by Crippen LogP contribution is -2.10. The number of ether oxygens (including phenoxy) is 1. The van der Waals surface area contributed by atoms with Gasteiger partial charge < -0.3 is 9.84 Å². The lowest BCUT2D eigenvalue weighted by atomic mass is 9.87. The third kappa shape index (κ3) is 3.70. The van der Waals surface area contributed by atoms with Gasteiger partial charge >= 0.3 is 0 Å². The Morgan fingerprint density at radius 1 is 0.966 bits per heavy atom. The normalized spacial score (nSPS) is 12.8.